The molecule has 41 heavy (non-hydrogen) atoms. The Morgan fingerprint density at radius 1 is 1.10 bits per heavy atom. The summed E-state index contributed by atoms with van der Waals surface area (Å²) >= 11 is 1.49. The Balaban J connectivity index is 1.97. The van der Waals surface area contributed by atoms with Gasteiger partial charge in [0.1, 0.15) is 16.1 Å². The quantitative estimate of drug-likeness (QED) is 0.275. The average Bonchev–Trinajstić information content (AvgIpc) is 3.53. The summed E-state index contributed by atoms with van der Waals surface area (Å²) < 4.78 is 6.11. The first-order valence-electron chi connectivity index (χ1n) is 14.5. The molecule has 4 rings (SSSR count). The van der Waals surface area contributed by atoms with Crippen LogP contribution < -0.4 is 0 Å². The Morgan fingerprint density at radius 3 is 2.37 bits per heavy atom. The van der Waals surface area contributed by atoms with Gasteiger partial charge in [-0.1, -0.05) is 47.6 Å². The van der Waals surface area contributed by atoms with Crippen LogP contribution in [-0.4, -0.2) is 42.9 Å². The molecule has 3 atom stereocenters. The summed E-state index contributed by atoms with van der Waals surface area (Å²) in [6.45, 7) is 18.4. The Morgan fingerprint density at radius 2 is 1.83 bits per heavy atom. The highest BCUT2D eigenvalue weighted by Crippen LogP contribution is 2.55. The molecule has 0 saturated carbocycles. The first-order chi connectivity index (χ1) is 19.2. The number of likely N-dealkylation sites (tertiary alicyclic amines) is 1. The van der Waals surface area contributed by atoms with E-state index in [0.29, 0.717) is 18.4 Å². The van der Waals surface area contributed by atoms with Crippen LogP contribution >= 0.6 is 11.3 Å². The molecule has 220 valence electrons. The van der Waals surface area contributed by atoms with E-state index in [1.165, 1.54) is 16.9 Å². The van der Waals surface area contributed by atoms with E-state index in [0.717, 1.165) is 22.7 Å². The van der Waals surface area contributed by atoms with Crippen LogP contribution in [0.5, 0.6) is 0 Å². The first-order valence-corrected chi connectivity index (χ1v) is 15.4. The van der Waals surface area contributed by atoms with Gasteiger partial charge in [-0.2, -0.15) is 0 Å². The molecule has 1 aliphatic rings. The number of hydrogen-bond acceptors (Lipinski definition) is 7. The molecule has 0 aliphatic carbocycles. The molecule has 1 aliphatic heterocycles. The van der Waals surface area contributed by atoms with Crippen LogP contribution in [0.15, 0.2) is 48.4 Å². The van der Waals surface area contributed by atoms with E-state index >= 15 is 0 Å². The van der Waals surface area contributed by atoms with Gasteiger partial charge >= 0.3 is 5.97 Å². The molecule has 0 unspecified atom stereocenters. The number of thiazole rings is 1. The number of aryl methyl sites for hydroxylation is 1. The largest absolute Gasteiger partial charge is 0.458 e. The standard InChI is InChI=1S/C33H44N4O3S/c1-10-22-17-23(11-12-25(22)31(4,5)6)29(38)37-27(28-36-15-16-41-28)24(26-20-34-13-14-35-26)19-33(37,18-21(2)3)30(39)40-32(7,8)9/h11-17,20-21,24,27H,10,18-19H2,1-9H3/t24-,27-,33+/m1/s1. The minimum Gasteiger partial charge on any atom is -0.458 e. The van der Waals surface area contributed by atoms with Crippen molar-refractivity contribution in [2.24, 2.45) is 5.92 Å². The van der Waals surface area contributed by atoms with Crippen LogP contribution in [0, 0.1) is 5.92 Å². The fourth-order valence-corrected chi connectivity index (χ4v) is 6.95. The van der Waals surface area contributed by atoms with Gasteiger partial charge in [-0.05, 0) is 74.6 Å². The lowest BCUT2D eigenvalue weighted by Crippen LogP contribution is -2.56. The summed E-state index contributed by atoms with van der Waals surface area (Å²) in [7, 11) is 0. The number of esters is 1. The molecule has 1 saturated heterocycles. The number of nitrogens with zero attached hydrogens (tertiary/aromatic N) is 4. The van der Waals surface area contributed by atoms with Crippen molar-refractivity contribution in [2.75, 3.05) is 0 Å². The molecule has 3 heterocycles. The molecule has 1 amide bonds. The predicted octanol–water partition coefficient (Wildman–Crippen LogP) is 7.29. The molecular formula is C33H44N4O3S. The van der Waals surface area contributed by atoms with Gasteiger partial charge in [0.05, 0.1) is 11.7 Å². The van der Waals surface area contributed by atoms with Gasteiger partial charge in [0, 0.05) is 41.6 Å². The van der Waals surface area contributed by atoms with Crippen molar-refractivity contribution in [2.45, 2.75) is 110 Å². The lowest BCUT2D eigenvalue weighted by molar-refractivity contribution is -0.168. The van der Waals surface area contributed by atoms with Gasteiger partial charge in [0.2, 0.25) is 0 Å². The highest BCUT2D eigenvalue weighted by atomic mass is 32.1. The Labute approximate surface area is 248 Å². The van der Waals surface area contributed by atoms with Crippen molar-refractivity contribution in [3.8, 4) is 0 Å². The summed E-state index contributed by atoms with van der Waals surface area (Å²) in [6, 6.07) is 5.48. The minimum atomic E-state index is -1.22. The van der Waals surface area contributed by atoms with E-state index in [-0.39, 0.29) is 29.1 Å². The predicted molar refractivity (Wildman–Crippen MR) is 163 cm³/mol. The number of carbonyl (C=O) groups is 2. The van der Waals surface area contributed by atoms with Crippen molar-refractivity contribution < 1.29 is 14.3 Å². The number of amides is 1. The lowest BCUT2D eigenvalue weighted by Gasteiger charge is -2.41. The second-order valence-corrected chi connectivity index (χ2v) is 14.5. The summed E-state index contributed by atoms with van der Waals surface area (Å²) in [5.41, 5.74) is 1.65. The maximum atomic E-state index is 14.9. The van der Waals surface area contributed by atoms with Crippen LogP contribution in [-0.2, 0) is 21.4 Å². The Bertz CT molecular complexity index is 1360. The number of benzene rings is 1. The molecule has 0 bridgehead atoms. The average molecular weight is 577 g/mol. The second-order valence-electron chi connectivity index (χ2n) is 13.5. The molecule has 8 heteroatoms. The zero-order valence-electron chi connectivity index (χ0n) is 25.9. The fraction of sp³-hybridized carbons (Fsp3) is 0.545. The lowest BCUT2D eigenvalue weighted by atomic mass is 9.81. The van der Waals surface area contributed by atoms with Gasteiger partial charge in [-0.3, -0.25) is 14.8 Å². The monoisotopic (exact) mass is 576 g/mol. The van der Waals surface area contributed by atoms with Gasteiger partial charge in [0.15, 0.2) is 0 Å². The molecule has 0 N–H and O–H groups in total. The summed E-state index contributed by atoms with van der Waals surface area (Å²) in [6.07, 6.45) is 8.41. The minimum absolute atomic E-state index is 0.0566. The van der Waals surface area contributed by atoms with E-state index in [1.54, 1.807) is 29.7 Å². The topological polar surface area (TPSA) is 85.3 Å². The molecule has 2 aromatic heterocycles. The highest BCUT2D eigenvalue weighted by Gasteiger charge is 2.61. The zero-order valence-corrected chi connectivity index (χ0v) is 26.7. The van der Waals surface area contributed by atoms with Gasteiger partial charge < -0.3 is 9.64 Å². The second kappa shape index (κ2) is 11.6. The summed E-state index contributed by atoms with van der Waals surface area (Å²) in [5, 5.41) is 2.68. The van der Waals surface area contributed by atoms with E-state index in [1.807, 2.05) is 38.3 Å². The first kappa shape index (κ1) is 30.8. The van der Waals surface area contributed by atoms with Crippen molar-refractivity contribution >= 4 is 23.2 Å². The van der Waals surface area contributed by atoms with Crippen molar-refractivity contribution in [3.63, 3.8) is 0 Å². The molecule has 0 radical (unpaired) electrons. The smallest absolute Gasteiger partial charge is 0.332 e. The van der Waals surface area contributed by atoms with Crippen LogP contribution in [0.3, 0.4) is 0 Å². The summed E-state index contributed by atoms with van der Waals surface area (Å²) in [5.74, 6) is -0.755. The SMILES string of the molecule is CCc1cc(C(=O)N2[C@@H](c3nccs3)[C@@H](c3cnccn3)C[C@@]2(CC(C)C)C(=O)OC(C)(C)C)ccc1C(C)(C)C. The Kier molecular flexibility index (Phi) is 8.74. The van der Waals surface area contributed by atoms with Crippen molar-refractivity contribution in [1.82, 2.24) is 19.9 Å². The van der Waals surface area contributed by atoms with Crippen LogP contribution in [0.25, 0.3) is 0 Å². The number of aromatic nitrogens is 3. The van der Waals surface area contributed by atoms with Crippen LogP contribution in [0.4, 0.5) is 0 Å². The van der Waals surface area contributed by atoms with Gasteiger partial charge in [-0.25, -0.2) is 9.78 Å². The number of carbonyl (C=O) groups excluding carboxylic acids is 2. The third kappa shape index (κ3) is 6.37. The fourth-order valence-electron chi connectivity index (χ4n) is 6.16. The molecule has 0 spiro atoms. The number of hydrogen-bond donors (Lipinski definition) is 0. The number of rotatable bonds is 7. The molecule has 1 aromatic carbocycles. The maximum absolute atomic E-state index is 14.9. The van der Waals surface area contributed by atoms with E-state index in [4.69, 9.17) is 4.74 Å². The van der Waals surface area contributed by atoms with Crippen molar-refractivity contribution in [1.29, 1.82) is 0 Å². The summed E-state index contributed by atoms with van der Waals surface area (Å²) in [4.78, 5) is 44.8. The molecule has 1 fully saturated rings. The van der Waals surface area contributed by atoms with Gasteiger partial charge in [-0.15, -0.1) is 11.3 Å². The van der Waals surface area contributed by atoms with Crippen LogP contribution in [0.2, 0.25) is 0 Å². The van der Waals surface area contributed by atoms with E-state index < -0.39 is 17.2 Å². The molecule has 7 nitrogen and oxygen atoms in total. The molecule has 3 aromatic rings. The van der Waals surface area contributed by atoms with E-state index in [9.17, 15) is 9.59 Å². The van der Waals surface area contributed by atoms with Crippen LogP contribution in [0.1, 0.15) is 119 Å². The van der Waals surface area contributed by atoms with Crippen molar-refractivity contribution in [3.05, 3.63) is 75.8 Å². The zero-order chi connectivity index (χ0) is 30.2. The number of ether oxygens (including phenoxy) is 1. The van der Waals surface area contributed by atoms with E-state index in [2.05, 4.69) is 62.6 Å². The third-order valence-corrected chi connectivity index (χ3v) is 8.48. The third-order valence-electron chi connectivity index (χ3n) is 7.63. The highest BCUT2D eigenvalue weighted by molar-refractivity contribution is 7.09. The Hall–Kier alpha value is -3.13. The normalized spacial score (nSPS) is 21.4. The maximum Gasteiger partial charge on any atom is 0.332 e. The molecular weight excluding hydrogens is 532 g/mol. The van der Waals surface area contributed by atoms with Gasteiger partial charge in [0.25, 0.3) is 5.91 Å².